The number of amides is 1. The Labute approximate surface area is 188 Å². The normalized spacial score (nSPS) is 10.5. The summed E-state index contributed by atoms with van der Waals surface area (Å²) in [6.45, 7) is 8.98. The maximum Gasteiger partial charge on any atom is 0.511 e. The number of benzene rings is 1. The standard InChI is InChI=1S/C12H17NO4.C7H11N5O.C2H6/c1-8(2)15-12(14)17-9(3)16-11-7-5-4-6-10(11)13;8-3-6(13)11-5-2-1-4(9)7(10)12-5;1-2/h4-9H,13H2,1-3H3;1-2H,3,8-9H2,(H3,10,11,12,13);1-2H3. The van der Waals surface area contributed by atoms with Gasteiger partial charge in [0, 0.05) is 6.92 Å². The summed E-state index contributed by atoms with van der Waals surface area (Å²) in [6, 6.07) is 10.1. The molecule has 1 atom stereocenters. The molecular formula is C21H34N6O5. The van der Waals surface area contributed by atoms with Crippen molar-refractivity contribution in [3.05, 3.63) is 36.4 Å². The lowest BCUT2D eigenvalue weighted by Gasteiger charge is -2.17. The molecule has 32 heavy (non-hydrogen) atoms. The first-order valence-corrected chi connectivity index (χ1v) is 10.0. The third-order valence-corrected chi connectivity index (χ3v) is 3.22. The molecule has 2 rings (SSSR count). The van der Waals surface area contributed by atoms with Crippen LogP contribution in [0.4, 0.5) is 27.8 Å². The SMILES string of the molecule is CC.CC(C)OC(=O)OC(C)Oc1ccccc1N.NCC(=O)Nc1ccc(N)c(N)n1. The molecule has 1 amide bonds. The van der Waals surface area contributed by atoms with E-state index in [4.69, 9.17) is 37.1 Å². The van der Waals surface area contributed by atoms with E-state index >= 15 is 0 Å². The number of hydrogen-bond acceptors (Lipinski definition) is 10. The zero-order chi connectivity index (χ0) is 24.7. The average molecular weight is 451 g/mol. The molecule has 1 aromatic carbocycles. The fourth-order valence-electron chi connectivity index (χ4n) is 1.90. The minimum absolute atomic E-state index is 0.0913. The van der Waals surface area contributed by atoms with Crippen LogP contribution in [-0.4, -0.2) is 36.0 Å². The van der Waals surface area contributed by atoms with E-state index in [1.165, 1.54) is 0 Å². The number of hydrogen-bond donors (Lipinski definition) is 5. The van der Waals surface area contributed by atoms with E-state index < -0.39 is 12.4 Å². The van der Waals surface area contributed by atoms with Gasteiger partial charge >= 0.3 is 6.16 Å². The molecule has 1 aromatic heterocycles. The van der Waals surface area contributed by atoms with Crippen molar-refractivity contribution in [2.45, 2.75) is 47.0 Å². The van der Waals surface area contributed by atoms with E-state index in [0.717, 1.165) is 0 Å². The van der Waals surface area contributed by atoms with Gasteiger partial charge in [0.1, 0.15) is 17.4 Å². The number of ether oxygens (including phenoxy) is 3. The molecular weight excluding hydrogens is 416 g/mol. The van der Waals surface area contributed by atoms with Crippen molar-refractivity contribution >= 4 is 35.1 Å². The Morgan fingerprint density at radius 3 is 2.12 bits per heavy atom. The molecule has 0 fully saturated rings. The van der Waals surface area contributed by atoms with E-state index in [1.54, 1.807) is 57.2 Å². The van der Waals surface area contributed by atoms with Crippen molar-refractivity contribution in [1.82, 2.24) is 4.98 Å². The summed E-state index contributed by atoms with van der Waals surface area (Å²) in [5.74, 6) is 0.686. The highest BCUT2D eigenvalue weighted by atomic mass is 16.8. The molecule has 0 spiro atoms. The topological polar surface area (TPSA) is 191 Å². The molecule has 1 unspecified atom stereocenters. The molecule has 9 N–H and O–H groups in total. The van der Waals surface area contributed by atoms with Gasteiger partial charge in [0.05, 0.1) is 24.0 Å². The third-order valence-electron chi connectivity index (χ3n) is 3.22. The van der Waals surface area contributed by atoms with E-state index in [-0.39, 0.29) is 24.4 Å². The maximum atomic E-state index is 11.2. The zero-order valence-electron chi connectivity index (χ0n) is 19.1. The number of anilines is 4. The van der Waals surface area contributed by atoms with Gasteiger partial charge < -0.3 is 42.5 Å². The van der Waals surface area contributed by atoms with Crippen LogP contribution >= 0.6 is 0 Å². The molecule has 11 heteroatoms. The van der Waals surface area contributed by atoms with Crippen LogP contribution in [0.3, 0.4) is 0 Å². The minimum Gasteiger partial charge on any atom is -0.453 e. The summed E-state index contributed by atoms with van der Waals surface area (Å²) >= 11 is 0. The first kappa shape index (κ1) is 28.3. The molecule has 0 aliphatic rings. The second-order valence-corrected chi connectivity index (χ2v) is 6.18. The zero-order valence-corrected chi connectivity index (χ0v) is 19.1. The van der Waals surface area contributed by atoms with Crippen LogP contribution in [0.1, 0.15) is 34.6 Å². The van der Waals surface area contributed by atoms with Gasteiger partial charge in [0.2, 0.25) is 12.2 Å². The fraction of sp³-hybridized carbons (Fsp3) is 0.381. The smallest absolute Gasteiger partial charge is 0.453 e. The van der Waals surface area contributed by atoms with Crippen LogP contribution in [0.25, 0.3) is 0 Å². The van der Waals surface area contributed by atoms with E-state index in [1.807, 2.05) is 13.8 Å². The van der Waals surface area contributed by atoms with Crippen molar-refractivity contribution in [2.75, 3.05) is 29.1 Å². The molecule has 1 heterocycles. The summed E-state index contributed by atoms with van der Waals surface area (Å²) in [4.78, 5) is 25.8. The Kier molecular flexibility index (Phi) is 13.4. The molecule has 178 valence electrons. The van der Waals surface area contributed by atoms with Crippen LogP contribution in [0.2, 0.25) is 0 Å². The lowest BCUT2D eigenvalue weighted by Crippen LogP contribution is -2.23. The molecule has 0 saturated heterocycles. The molecule has 0 radical (unpaired) electrons. The van der Waals surface area contributed by atoms with Crippen LogP contribution in [0.5, 0.6) is 5.75 Å². The highest BCUT2D eigenvalue weighted by molar-refractivity contribution is 5.91. The average Bonchev–Trinajstić information content (AvgIpc) is 2.73. The Balaban J connectivity index is 0.000000574. The number of nitrogen functional groups attached to an aromatic ring is 3. The monoisotopic (exact) mass is 450 g/mol. The Morgan fingerprint density at radius 2 is 1.59 bits per heavy atom. The Hall–Kier alpha value is -3.73. The number of nitrogens with one attached hydrogen (secondary N) is 1. The number of pyridine rings is 1. The number of para-hydroxylation sites is 2. The largest absolute Gasteiger partial charge is 0.511 e. The summed E-state index contributed by atoms with van der Waals surface area (Å²) in [5.41, 5.74) is 22.5. The van der Waals surface area contributed by atoms with Crippen molar-refractivity contribution < 1.29 is 23.8 Å². The summed E-state index contributed by atoms with van der Waals surface area (Å²) in [5, 5.41) is 2.45. The number of nitrogens with two attached hydrogens (primary N) is 4. The molecule has 2 aromatic rings. The molecule has 11 nitrogen and oxygen atoms in total. The number of aromatic nitrogens is 1. The quantitative estimate of drug-likeness (QED) is 0.248. The minimum atomic E-state index is -0.762. The maximum absolute atomic E-state index is 11.2. The van der Waals surface area contributed by atoms with Crippen LogP contribution in [0, 0.1) is 0 Å². The van der Waals surface area contributed by atoms with E-state index in [0.29, 0.717) is 22.9 Å². The molecule has 0 aliphatic carbocycles. The summed E-state index contributed by atoms with van der Waals surface area (Å²) in [7, 11) is 0. The van der Waals surface area contributed by atoms with Gasteiger partial charge in [-0.05, 0) is 38.1 Å². The highest BCUT2D eigenvalue weighted by Crippen LogP contribution is 2.21. The first-order chi connectivity index (χ1) is 15.1. The lowest BCUT2D eigenvalue weighted by molar-refractivity contribution is -0.114. The van der Waals surface area contributed by atoms with Crippen molar-refractivity contribution in [3.8, 4) is 5.75 Å². The van der Waals surface area contributed by atoms with Crippen LogP contribution in [0.15, 0.2) is 36.4 Å². The van der Waals surface area contributed by atoms with Gasteiger partial charge in [-0.2, -0.15) is 0 Å². The molecule has 0 bridgehead atoms. The number of nitrogens with zero attached hydrogens (tertiary/aromatic N) is 1. The lowest BCUT2D eigenvalue weighted by atomic mass is 10.3. The number of carbonyl (C=O) groups excluding carboxylic acids is 2. The second kappa shape index (κ2) is 15.1. The van der Waals surface area contributed by atoms with Gasteiger partial charge in [0.25, 0.3) is 0 Å². The van der Waals surface area contributed by atoms with Crippen LogP contribution in [-0.2, 0) is 14.3 Å². The predicted octanol–water partition coefficient (Wildman–Crippen LogP) is 2.72. The van der Waals surface area contributed by atoms with Crippen LogP contribution < -0.4 is 33.0 Å². The Morgan fingerprint density at radius 1 is 0.969 bits per heavy atom. The van der Waals surface area contributed by atoms with Gasteiger partial charge in [-0.25, -0.2) is 9.78 Å². The van der Waals surface area contributed by atoms with Gasteiger partial charge in [0.15, 0.2) is 0 Å². The van der Waals surface area contributed by atoms with Crippen molar-refractivity contribution in [3.63, 3.8) is 0 Å². The third kappa shape index (κ3) is 11.5. The predicted molar refractivity (Wildman–Crippen MR) is 126 cm³/mol. The Bertz CT molecular complexity index is 847. The fourth-order valence-corrected chi connectivity index (χ4v) is 1.90. The summed E-state index contributed by atoms with van der Waals surface area (Å²) in [6.07, 6.45) is -1.75. The number of rotatable bonds is 6. The van der Waals surface area contributed by atoms with Gasteiger partial charge in [-0.3, -0.25) is 4.79 Å². The molecule has 0 aliphatic heterocycles. The van der Waals surface area contributed by atoms with E-state index in [9.17, 15) is 9.59 Å². The number of carbonyl (C=O) groups is 2. The highest BCUT2D eigenvalue weighted by Gasteiger charge is 2.14. The first-order valence-electron chi connectivity index (χ1n) is 10.0. The van der Waals surface area contributed by atoms with E-state index in [2.05, 4.69) is 10.3 Å². The van der Waals surface area contributed by atoms with Crippen molar-refractivity contribution in [2.24, 2.45) is 5.73 Å². The van der Waals surface area contributed by atoms with Gasteiger partial charge in [-0.15, -0.1) is 0 Å². The van der Waals surface area contributed by atoms with Gasteiger partial charge in [-0.1, -0.05) is 26.0 Å². The summed E-state index contributed by atoms with van der Waals surface area (Å²) < 4.78 is 15.0. The second-order valence-electron chi connectivity index (χ2n) is 6.18. The molecule has 0 saturated carbocycles. The van der Waals surface area contributed by atoms with Crippen molar-refractivity contribution in [1.29, 1.82) is 0 Å².